The standard InChI is InChI=1S/C11H20N2S/c1-11(2,3)8-9(13-12)7-10-5-4-6-14-10/h4-6,9,13H,7-8,12H2,1-3H3. The average molecular weight is 212 g/mol. The number of nitrogens with two attached hydrogens (primary N) is 1. The summed E-state index contributed by atoms with van der Waals surface area (Å²) in [5.74, 6) is 5.55. The van der Waals surface area contributed by atoms with Crippen molar-refractivity contribution in [3.8, 4) is 0 Å². The highest BCUT2D eigenvalue weighted by atomic mass is 32.1. The van der Waals surface area contributed by atoms with E-state index < -0.39 is 0 Å². The van der Waals surface area contributed by atoms with E-state index >= 15 is 0 Å². The fraction of sp³-hybridized carbons (Fsp3) is 0.636. The minimum Gasteiger partial charge on any atom is -0.271 e. The summed E-state index contributed by atoms with van der Waals surface area (Å²) in [7, 11) is 0. The molecule has 1 aromatic rings. The Morgan fingerprint density at radius 3 is 2.64 bits per heavy atom. The highest BCUT2D eigenvalue weighted by Crippen LogP contribution is 2.23. The van der Waals surface area contributed by atoms with Crippen LogP contribution in [0.15, 0.2) is 17.5 Å². The Bertz CT molecular complexity index is 249. The van der Waals surface area contributed by atoms with Crippen LogP contribution in [0.1, 0.15) is 32.1 Å². The van der Waals surface area contributed by atoms with E-state index in [1.54, 1.807) is 11.3 Å². The molecule has 1 atom stereocenters. The summed E-state index contributed by atoms with van der Waals surface area (Å²) in [6, 6.07) is 4.64. The topological polar surface area (TPSA) is 38.0 Å². The van der Waals surface area contributed by atoms with Gasteiger partial charge in [0.2, 0.25) is 0 Å². The van der Waals surface area contributed by atoms with Crippen LogP contribution in [0.2, 0.25) is 0 Å². The summed E-state index contributed by atoms with van der Waals surface area (Å²) in [6.45, 7) is 6.73. The molecule has 0 amide bonds. The van der Waals surface area contributed by atoms with Crippen molar-refractivity contribution in [2.24, 2.45) is 11.3 Å². The molecule has 0 aliphatic heterocycles. The molecule has 0 aliphatic carbocycles. The van der Waals surface area contributed by atoms with Crippen LogP contribution in [0.25, 0.3) is 0 Å². The predicted octanol–water partition coefficient (Wildman–Crippen LogP) is 2.56. The molecule has 0 aromatic carbocycles. The van der Waals surface area contributed by atoms with E-state index in [1.165, 1.54) is 4.88 Å². The molecule has 1 unspecified atom stereocenters. The third-order valence-electron chi connectivity index (χ3n) is 2.12. The first kappa shape index (κ1) is 11.7. The van der Waals surface area contributed by atoms with Gasteiger partial charge in [0.25, 0.3) is 0 Å². The van der Waals surface area contributed by atoms with E-state index in [0.29, 0.717) is 11.5 Å². The zero-order chi connectivity index (χ0) is 10.6. The number of hydrogen-bond donors (Lipinski definition) is 2. The molecule has 0 aliphatic rings. The Balaban J connectivity index is 2.47. The lowest BCUT2D eigenvalue weighted by atomic mass is 9.87. The maximum absolute atomic E-state index is 5.55. The number of hydrazine groups is 1. The number of rotatable bonds is 4. The number of thiophene rings is 1. The van der Waals surface area contributed by atoms with Gasteiger partial charge in [0.15, 0.2) is 0 Å². The highest BCUT2D eigenvalue weighted by Gasteiger charge is 2.18. The molecule has 0 radical (unpaired) electrons. The molecular weight excluding hydrogens is 192 g/mol. The van der Waals surface area contributed by atoms with Crippen LogP contribution >= 0.6 is 11.3 Å². The van der Waals surface area contributed by atoms with E-state index in [0.717, 1.165) is 12.8 Å². The highest BCUT2D eigenvalue weighted by molar-refractivity contribution is 7.09. The van der Waals surface area contributed by atoms with Crippen molar-refractivity contribution in [3.63, 3.8) is 0 Å². The molecule has 1 rings (SSSR count). The second kappa shape index (κ2) is 4.91. The Morgan fingerprint density at radius 1 is 1.50 bits per heavy atom. The average Bonchev–Trinajstić information content (AvgIpc) is 2.53. The van der Waals surface area contributed by atoms with E-state index in [-0.39, 0.29) is 0 Å². The Labute approximate surface area is 90.5 Å². The Kier molecular flexibility index (Phi) is 4.11. The molecule has 3 N–H and O–H groups in total. The molecule has 0 saturated heterocycles. The molecule has 2 nitrogen and oxygen atoms in total. The van der Waals surface area contributed by atoms with Crippen LogP contribution in [-0.4, -0.2) is 6.04 Å². The van der Waals surface area contributed by atoms with Gasteiger partial charge in [0, 0.05) is 10.9 Å². The maximum Gasteiger partial charge on any atom is 0.0263 e. The summed E-state index contributed by atoms with van der Waals surface area (Å²) in [4.78, 5) is 1.40. The summed E-state index contributed by atoms with van der Waals surface area (Å²) in [5.41, 5.74) is 3.23. The molecule has 0 bridgehead atoms. The zero-order valence-electron chi connectivity index (χ0n) is 9.21. The lowest BCUT2D eigenvalue weighted by molar-refractivity contribution is 0.309. The van der Waals surface area contributed by atoms with Crippen LogP contribution in [0.3, 0.4) is 0 Å². The van der Waals surface area contributed by atoms with Crippen molar-refractivity contribution in [1.29, 1.82) is 0 Å². The van der Waals surface area contributed by atoms with Crippen molar-refractivity contribution in [2.75, 3.05) is 0 Å². The van der Waals surface area contributed by atoms with Gasteiger partial charge < -0.3 is 0 Å². The summed E-state index contributed by atoms with van der Waals surface area (Å²) < 4.78 is 0. The molecule has 80 valence electrons. The SMILES string of the molecule is CC(C)(C)CC(Cc1cccs1)NN. The lowest BCUT2D eigenvalue weighted by Crippen LogP contribution is -2.39. The summed E-state index contributed by atoms with van der Waals surface area (Å²) in [6.07, 6.45) is 2.13. The van der Waals surface area contributed by atoms with Crippen molar-refractivity contribution in [3.05, 3.63) is 22.4 Å². The van der Waals surface area contributed by atoms with Gasteiger partial charge in [0.05, 0.1) is 0 Å². The Morgan fingerprint density at radius 2 is 2.21 bits per heavy atom. The normalized spacial score (nSPS) is 14.3. The molecule has 3 heteroatoms. The number of hydrogen-bond acceptors (Lipinski definition) is 3. The van der Waals surface area contributed by atoms with E-state index in [1.807, 2.05) is 0 Å². The fourth-order valence-electron chi connectivity index (χ4n) is 1.60. The van der Waals surface area contributed by atoms with Crippen molar-refractivity contribution in [2.45, 2.75) is 39.7 Å². The molecular formula is C11H20N2S. The molecule has 0 saturated carbocycles. The quantitative estimate of drug-likeness (QED) is 0.594. The van der Waals surface area contributed by atoms with Gasteiger partial charge in [-0.2, -0.15) is 0 Å². The third kappa shape index (κ3) is 4.22. The van der Waals surface area contributed by atoms with Crippen LogP contribution in [0.4, 0.5) is 0 Å². The van der Waals surface area contributed by atoms with Gasteiger partial charge in [0.1, 0.15) is 0 Å². The van der Waals surface area contributed by atoms with E-state index in [9.17, 15) is 0 Å². The first-order chi connectivity index (χ1) is 6.51. The van der Waals surface area contributed by atoms with Crippen LogP contribution in [0, 0.1) is 5.41 Å². The monoisotopic (exact) mass is 212 g/mol. The molecule has 0 fully saturated rings. The second-order valence-electron chi connectivity index (χ2n) is 4.91. The van der Waals surface area contributed by atoms with Gasteiger partial charge in [-0.05, 0) is 29.7 Å². The second-order valence-corrected chi connectivity index (χ2v) is 5.94. The molecule has 1 aromatic heterocycles. The van der Waals surface area contributed by atoms with E-state index in [2.05, 4.69) is 43.7 Å². The minimum atomic E-state index is 0.328. The van der Waals surface area contributed by atoms with Crippen molar-refractivity contribution >= 4 is 11.3 Å². The zero-order valence-corrected chi connectivity index (χ0v) is 10.0. The minimum absolute atomic E-state index is 0.328. The van der Waals surface area contributed by atoms with Gasteiger partial charge in [-0.15, -0.1) is 11.3 Å². The molecule has 1 heterocycles. The van der Waals surface area contributed by atoms with Gasteiger partial charge in [-0.1, -0.05) is 26.8 Å². The van der Waals surface area contributed by atoms with Crippen LogP contribution in [-0.2, 0) is 6.42 Å². The van der Waals surface area contributed by atoms with Gasteiger partial charge in [-0.25, -0.2) is 0 Å². The third-order valence-corrected chi connectivity index (χ3v) is 3.02. The van der Waals surface area contributed by atoms with Crippen LogP contribution in [0.5, 0.6) is 0 Å². The predicted molar refractivity (Wildman–Crippen MR) is 63.2 cm³/mol. The summed E-state index contributed by atoms with van der Waals surface area (Å²) >= 11 is 1.80. The lowest BCUT2D eigenvalue weighted by Gasteiger charge is -2.25. The largest absolute Gasteiger partial charge is 0.271 e. The Hall–Kier alpha value is -0.380. The smallest absolute Gasteiger partial charge is 0.0263 e. The van der Waals surface area contributed by atoms with Gasteiger partial charge >= 0.3 is 0 Å². The number of nitrogens with one attached hydrogen (secondary N) is 1. The van der Waals surface area contributed by atoms with Crippen LogP contribution < -0.4 is 11.3 Å². The van der Waals surface area contributed by atoms with E-state index in [4.69, 9.17) is 5.84 Å². The van der Waals surface area contributed by atoms with Gasteiger partial charge in [-0.3, -0.25) is 11.3 Å². The summed E-state index contributed by atoms with van der Waals surface area (Å²) in [5, 5.41) is 2.11. The maximum atomic E-state index is 5.55. The molecule has 14 heavy (non-hydrogen) atoms. The van der Waals surface area contributed by atoms with Crippen molar-refractivity contribution < 1.29 is 0 Å². The fourth-order valence-corrected chi connectivity index (χ4v) is 2.39. The first-order valence-electron chi connectivity index (χ1n) is 5.00. The molecule has 0 spiro atoms. The van der Waals surface area contributed by atoms with Crippen molar-refractivity contribution in [1.82, 2.24) is 5.43 Å². The first-order valence-corrected chi connectivity index (χ1v) is 5.88.